The Morgan fingerprint density at radius 3 is 1.24 bits per heavy atom. The standard InChI is InChI=1S/C33H20O7S2/c34-33-31-19-27(41(35,36)39-25-11-9-21-5-1-3-7-23(21)17-25)13-15-29(31)30-16-14-28(20-32(30)33)42(37,38)40-26-12-10-22-6-2-4-8-24(22)18-26/h1-20H. The summed E-state index contributed by atoms with van der Waals surface area (Å²) in [5.74, 6) is -0.208. The zero-order valence-electron chi connectivity index (χ0n) is 21.7. The summed E-state index contributed by atoms with van der Waals surface area (Å²) in [5.41, 5.74) is 1.27. The fourth-order valence-electron chi connectivity index (χ4n) is 5.14. The van der Waals surface area contributed by atoms with Crippen LogP contribution < -0.4 is 8.37 Å². The molecular formula is C33H20O7S2. The summed E-state index contributed by atoms with van der Waals surface area (Å²) >= 11 is 0. The van der Waals surface area contributed by atoms with E-state index in [1.54, 1.807) is 36.4 Å². The van der Waals surface area contributed by atoms with Gasteiger partial charge in [-0.15, -0.1) is 0 Å². The Bertz CT molecular complexity index is 2140. The molecule has 42 heavy (non-hydrogen) atoms. The van der Waals surface area contributed by atoms with E-state index in [9.17, 15) is 21.6 Å². The molecule has 0 spiro atoms. The highest BCUT2D eigenvalue weighted by Crippen LogP contribution is 2.39. The van der Waals surface area contributed by atoms with Crippen LogP contribution in [0.3, 0.4) is 0 Å². The van der Waals surface area contributed by atoms with Crippen LogP contribution in [0.4, 0.5) is 0 Å². The van der Waals surface area contributed by atoms with Crippen molar-refractivity contribution in [2.24, 2.45) is 0 Å². The lowest BCUT2D eigenvalue weighted by Crippen LogP contribution is -2.11. The summed E-state index contributed by atoms with van der Waals surface area (Å²) in [6.45, 7) is 0. The Kier molecular flexibility index (Phi) is 5.89. The maximum absolute atomic E-state index is 13.4. The van der Waals surface area contributed by atoms with Gasteiger partial charge >= 0.3 is 20.2 Å². The first-order valence-corrected chi connectivity index (χ1v) is 15.7. The smallest absolute Gasteiger partial charge is 0.339 e. The number of hydrogen-bond donors (Lipinski definition) is 0. The van der Waals surface area contributed by atoms with Gasteiger partial charge in [0, 0.05) is 11.1 Å². The zero-order chi connectivity index (χ0) is 29.1. The summed E-state index contributed by atoms with van der Waals surface area (Å²) in [6.07, 6.45) is 0. The summed E-state index contributed by atoms with van der Waals surface area (Å²) < 4.78 is 63.3. The summed E-state index contributed by atoms with van der Waals surface area (Å²) in [6, 6.07) is 33.2. The van der Waals surface area contributed by atoms with Crippen molar-refractivity contribution in [3.8, 4) is 22.6 Å². The number of carbonyl (C=O) groups excluding carboxylic acids is 1. The Hall–Kier alpha value is -4.99. The van der Waals surface area contributed by atoms with Crippen LogP contribution >= 0.6 is 0 Å². The first-order valence-electron chi connectivity index (χ1n) is 12.9. The van der Waals surface area contributed by atoms with E-state index in [2.05, 4.69) is 0 Å². The highest BCUT2D eigenvalue weighted by atomic mass is 32.2. The lowest BCUT2D eigenvalue weighted by Gasteiger charge is -2.09. The average molecular weight is 593 g/mol. The van der Waals surface area contributed by atoms with Crippen LogP contribution in [-0.4, -0.2) is 22.6 Å². The Labute approximate surface area is 241 Å². The van der Waals surface area contributed by atoms with Gasteiger partial charge in [-0.2, -0.15) is 16.8 Å². The molecule has 6 aromatic rings. The van der Waals surface area contributed by atoms with E-state index in [0.29, 0.717) is 11.1 Å². The van der Waals surface area contributed by atoms with Crippen molar-refractivity contribution in [3.05, 3.63) is 132 Å². The first kappa shape index (κ1) is 25.9. The van der Waals surface area contributed by atoms with Gasteiger partial charge < -0.3 is 8.37 Å². The van der Waals surface area contributed by atoms with Crippen molar-refractivity contribution in [2.45, 2.75) is 9.79 Å². The van der Waals surface area contributed by atoms with E-state index in [0.717, 1.165) is 21.5 Å². The molecule has 0 aliphatic heterocycles. The molecule has 0 unspecified atom stereocenters. The number of carbonyl (C=O) groups is 1. The van der Waals surface area contributed by atoms with Crippen LogP contribution in [0.5, 0.6) is 11.5 Å². The third-order valence-corrected chi connectivity index (χ3v) is 9.68. The van der Waals surface area contributed by atoms with E-state index >= 15 is 0 Å². The molecule has 206 valence electrons. The topological polar surface area (TPSA) is 104 Å². The molecule has 0 fully saturated rings. The minimum Gasteiger partial charge on any atom is -0.379 e. The second-order valence-corrected chi connectivity index (χ2v) is 12.9. The summed E-state index contributed by atoms with van der Waals surface area (Å²) in [5, 5.41) is 3.51. The number of rotatable bonds is 6. The second kappa shape index (κ2) is 9.54. The number of fused-ring (bicyclic) bond motifs is 5. The van der Waals surface area contributed by atoms with Gasteiger partial charge in [0.25, 0.3) is 0 Å². The predicted octanol–water partition coefficient (Wildman–Crippen LogP) is 6.74. The van der Waals surface area contributed by atoms with E-state index < -0.39 is 26.0 Å². The van der Waals surface area contributed by atoms with E-state index in [4.69, 9.17) is 8.37 Å². The van der Waals surface area contributed by atoms with E-state index in [1.165, 1.54) is 36.4 Å². The minimum absolute atomic E-state index is 0.137. The first-order chi connectivity index (χ1) is 20.2. The third kappa shape index (κ3) is 4.49. The molecular weight excluding hydrogens is 572 g/mol. The molecule has 0 aromatic heterocycles. The van der Waals surface area contributed by atoms with Crippen molar-refractivity contribution in [1.82, 2.24) is 0 Å². The Morgan fingerprint density at radius 2 is 0.810 bits per heavy atom. The van der Waals surface area contributed by atoms with Crippen molar-refractivity contribution < 1.29 is 30.0 Å². The molecule has 0 saturated heterocycles. The molecule has 0 saturated carbocycles. The number of ketones is 1. The predicted molar refractivity (Wildman–Crippen MR) is 159 cm³/mol. The van der Waals surface area contributed by atoms with Crippen LogP contribution in [-0.2, 0) is 20.2 Å². The van der Waals surface area contributed by atoms with Crippen LogP contribution in [0.15, 0.2) is 131 Å². The van der Waals surface area contributed by atoms with Crippen molar-refractivity contribution >= 4 is 47.6 Å². The largest absolute Gasteiger partial charge is 0.379 e. The van der Waals surface area contributed by atoms with Gasteiger partial charge in [-0.3, -0.25) is 4.79 Å². The van der Waals surface area contributed by atoms with Crippen molar-refractivity contribution in [1.29, 1.82) is 0 Å². The molecule has 7 nitrogen and oxygen atoms in total. The normalized spacial score (nSPS) is 12.7. The van der Waals surface area contributed by atoms with E-state index in [1.807, 2.05) is 48.5 Å². The van der Waals surface area contributed by atoms with Gasteiger partial charge in [0.15, 0.2) is 5.78 Å². The minimum atomic E-state index is -4.26. The molecule has 1 aliphatic rings. The molecule has 9 heteroatoms. The Balaban J connectivity index is 1.17. The van der Waals surface area contributed by atoms with Crippen LogP contribution in [0, 0.1) is 0 Å². The third-order valence-electron chi connectivity index (χ3n) is 7.19. The maximum Gasteiger partial charge on any atom is 0.339 e. The van der Waals surface area contributed by atoms with Gasteiger partial charge in [-0.1, -0.05) is 72.8 Å². The van der Waals surface area contributed by atoms with Gasteiger partial charge in [0.05, 0.1) is 0 Å². The fraction of sp³-hybridized carbons (Fsp3) is 0. The van der Waals surface area contributed by atoms with Gasteiger partial charge in [-0.05, 0) is 81.2 Å². The molecule has 0 N–H and O–H groups in total. The number of benzene rings is 6. The van der Waals surface area contributed by atoms with Gasteiger partial charge in [0.2, 0.25) is 0 Å². The molecule has 6 aromatic carbocycles. The summed E-state index contributed by atoms with van der Waals surface area (Å²) in [4.78, 5) is 13.0. The summed E-state index contributed by atoms with van der Waals surface area (Å²) in [7, 11) is -8.53. The van der Waals surface area contributed by atoms with Crippen LogP contribution in [0.25, 0.3) is 32.7 Å². The van der Waals surface area contributed by atoms with Crippen molar-refractivity contribution in [3.63, 3.8) is 0 Å². The van der Waals surface area contributed by atoms with E-state index in [-0.39, 0.29) is 32.4 Å². The lowest BCUT2D eigenvalue weighted by atomic mass is 10.1. The SMILES string of the molecule is O=C1c2cc(S(=O)(=O)Oc3ccc4ccccc4c3)ccc2-c2ccc(S(=O)(=O)Oc3ccc4ccccc4c3)cc21. The molecule has 1 aliphatic carbocycles. The molecule has 0 amide bonds. The van der Waals surface area contributed by atoms with Crippen LogP contribution in [0.2, 0.25) is 0 Å². The van der Waals surface area contributed by atoms with Gasteiger partial charge in [-0.25, -0.2) is 0 Å². The van der Waals surface area contributed by atoms with Crippen LogP contribution in [0.1, 0.15) is 15.9 Å². The molecule has 7 rings (SSSR count). The molecule has 0 heterocycles. The van der Waals surface area contributed by atoms with Crippen molar-refractivity contribution in [2.75, 3.05) is 0 Å². The Morgan fingerprint density at radius 1 is 0.405 bits per heavy atom. The molecule has 0 atom stereocenters. The lowest BCUT2D eigenvalue weighted by molar-refractivity contribution is 0.104. The fourth-order valence-corrected chi connectivity index (χ4v) is 7.04. The highest BCUT2D eigenvalue weighted by molar-refractivity contribution is 7.87. The number of hydrogen-bond acceptors (Lipinski definition) is 7. The average Bonchev–Trinajstić information content (AvgIpc) is 3.27. The van der Waals surface area contributed by atoms with Gasteiger partial charge in [0.1, 0.15) is 21.3 Å². The zero-order valence-corrected chi connectivity index (χ0v) is 23.4. The second-order valence-electron chi connectivity index (χ2n) is 9.84. The monoisotopic (exact) mass is 592 g/mol. The maximum atomic E-state index is 13.4. The molecule has 0 bridgehead atoms. The molecule has 0 radical (unpaired) electrons. The quantitative estimate of drug-likeness (QED) is 0.197. The highest BCUT2D eigenvalue weighted by Gasteiger charge is 2.31.